The summed E-state index contributed by atoms with van der Waals surface area (Å²) in [5, 5.41) is 11.3. The van der Waals surface area contributed by atoms with Crippen LogP contribution in [-0.2, 0) is 19.7 Å². The van der Waals surface area contributed by atoms with Crippen LogP contribution in [-0.4, -0.2) is 41.7 Å². The van der Waals surface area contributed by atoms with Gasteiger partial charge in [0.2, 0.25) is 5.91 Å². The molecule has 142 valence electrons. The molecule has 0 saturated heterocycles. The van der Waals surface area contributed by atoms with Crippen molar-refractivity contribution in [2.45, 2.75) is 83.6 Å². The maximum Gasteiger partial charge on any atom is 0.326 e. The van der Waals surface area contributed by atoms with Gasteiger partial charge < -0.3 is 10.4 Å². The van der Waals surface area contributed by atoms with Gasteiger partial charge in [0, 0.05) is 6.42 Å². The molecule has 7 nitrogen and oxygen atoms in total. The van der Waals surface area contributed by atoms with Crippen molar-refractivity contribution in [3.8, 4) is 0 Å². The number of carboxylic acids is 1. The van der Waals surface area contributed by atoms with Crippen LogP contribution in [0.2, 0.25) is 0 Å². The van der Waals surface area contributed by atoms with Gasteiger partial charge in [0.1, 0.15) is 6.04 Å². The van der Waals surface area contributed by atoms with E-state index < -0.39 is 33.8 Å². The van der Waals surface area contributed by atoms with Crippen molar-refractivity contribution in [2.75, 3.05) is 5.75 Å². The third-order valence-corrected chi connectivity index (χ3v) is 4.56. The summed E-state index contributed by atoms with van der Waals surface area (Å²) in [6.45, 7) is 2.18. The minimum atomic E-state index is -4.24. The van der Waals surface area contributed by atoms with Gasteiger partial charge >= 0.3 is 5.97 Å². The maximum absolute atomic E-state index is 11.7. The zero-order valence-corrected chi connectivity index (χ0v) is 15.3. The Morgan fingerprint density at radius 1 is 0.958 bits per heavy atom. The molecule has 0 heterocycles. The molecule has 1 atom stereocenters. The summed E-state index contributed by atoms with van der Waals surface area (Å²) in [7, 11) is -4.24. The van der Waals surface area contributed by atoms with Crippen LogP contribution in [0.15, 0.2) is 0 Å². The first-order chi connectivity index (χ1) is 11.3. The third-order valence-electron chi connectivity index (χ3n) is 3.81. The number of unbranched alkanes of at least 4 members (excludes halogenated alkanes) is 8. The van der Waals surface area contributed by atoms with E-state index in [0.29, 0.717) is 6.42 Å². The van der Waals surface area contributed by atoms with Crippen molar-refractivity contribution in [3.05, 3.63) is 0 Å². The van der Waals surface area contributed by atoms with Crippen molar-refractivity contribution >= 4 is 22.0 Å². The van der Waals surface area contributed by atoms with Crippen LogP contribution in [0.25, 0.3) is 0 Å². The Bertz CT molecular complexity index is 463. The fourth-order valence-electron chi connectivity index (χ4n) is 2.39. The second-order valence-electron chi connectivity index (χ2n) is 6.11. The third kappa shape index (κ3) is 14.4. The fourth-order valence-corrected chi connectivity index (χ4v) is 2.92. The molecule has 3 N–H and O–H groups in total. The number of rotatable bonds is 15. The SMILES string of the molecule is CCCCCCCCCCCC(=O)N[C@@H](CCS(=O)(=O)O)C(=O)O. The van der Waals surface area contributed by atoms with Gasteiger partial charge in [-0.25, -0.2) is 4.79 Å². The average Bonchev–Trinajstić information content (AvgIpc) is 2.48. The van der Waals surface area contributed by atoms with E-state index in [1.165, 1.54) is 32.1 Å². The van der Waals surface area contributed by atoms with E-state index in [1.54, 1.807) is 0 Å². The molecule has 0 unspecified atom stereocenters. The summed E-state index contributed by atoms with van der Waals surface area (Å²) in [6.07, 6.45) is 9.95. The Balaban J connectivity index is 3.80. The van der Waals surface area contributed by atoms with Crippen molar-refractivity contribution in [3.63, 3.8) is 0 Å². The number of hydrogen-bond donors (Lipinski definition) is 3. The summed E-state index contributed by atoms with van der Waals surface area (Å²) in [5.74, 6) is -2.40. The minimum Gasteiger partial charge on any atom is -0.480 e. The number of carbonyl (C=O) groups excluding carboxylic acids is 1. The van der Waals surface area contributed by atoms with Crippen LogP contribution in [0.1, 0.15) is 77.6 Å². The van der Waals surface area contributed by atoms with Crippen LogP contribution < -0.4 is 5.32 Å². The molecule has 0 bridgehead atoms. The Morgan fingerprint density at radius 2 is 1.46 bits per heavy atom. The summed E-state index contributed by atoms with van der Waals surface area (Å²) in [4.78, 5) is 22.7. The Kier molecular flexibility index (Phi) is 12.5. The number of aliphatic carboxylic acids is 1. The van der Waals surface area contributed by atoms with Crippen molar-refractivity contribution < 1.29 is 27.7 Å². The molecule has 0 fully saturated rings. The molecule has 0 radical (unpaired) electrons. The largest absolute Gasteiger partial charge is 0.480 e. The minimum absolute atomic E-state index is 0.228. The molecular weight excluding hydrogens is 334 g/mol. The van der Waals surface area contributed by atoms with Crippen molar-refractivity contribution in [2.24, 2.45) is 0 Å². The lowest BCUT2D eigenvalue weighted by atomic mass is 10.1. The number of amides is 1. The van der Waals surface area contributed by atoms with E-state index in [2.05, 4.69) is 12.2 Å². The highest BCUT2D eigenvalue weighted by Crippen LogP contribution is 2.10. The molecule has 1 amide bonds. The molecule has 0 rings (SSSR count). The van der Waals surface area contributed by atoms with Crippen LogP contribution >= 0.6 is 0 Å². The molecule has 0 aromatic carbocycles. The van der Waals surface area contributed by atoms with Gasteiger partial charge in [0.05, 0.1) is 5.75 Å². The van der Waals surface area contributed by atoms with Crippen LogP contribution in [0.3, 0.4) is 0 Å². The molecule has 0 saturated carbocycles. The van der Waals surface area contributed by atoms with E-state index in [0.717, 1.165) is 19.3 Å². The van der Waals surface area contributed by atoms with Crippen LogP contribution in [0, 0.1) is 0 Å². The highest BCUT2D eigenvalue weighted by atomic mass is 32.2. The Labute approximate surface area is 145 Å². The molecule has 0 aliphatic heterocycles. The fraction of sp³-hybridized carbons (Fsp3) is 0.875. The molecule has 8 heteroatoms. The van der Waals surface area contributed by atoms with Crippen molar-refractivity contribution in [1.82, 2.24) is 5.32 Å². The van der Waals surface area contributed by atoms with Gasteiger partial charge in [0.15, 0.2) is 0 Å². The van der Waals surface area contributed by atoms with E-state index in [9.17, 15) is 18.0 Å². The number of hydrogen-bond acceptors (Lipinski definition) is 4. The second-order valence-corrected chi connectivity index (χ2v) is 7.68. The Morgan fingerprint density at radius 3 is 1.92 bits per heavy atom. The Hall–Kier alpha value is -1.15. The lowest BCUT2D eigenvalue weighted by Gasteiger charge is -2.13. The maximum atomic E-state index is 11.7. The summed E-state index contributed by atoms with van der Waals surface area (Å²) >= 11 is 0. The summed E-state index contributed by atoms with van der Waals surface area (Å²) in [6, 6.07) is -1.29. The highest BCUT2D eigenvalue weighted by Gasteiger charge is 2.21. The van der Waals surface area contributed by atoms with Gasteiger partial charge in [-0.2, -0.15) is 8.42 Å². The quantitative estimate of drug-likeness (QED) is 0.303. The molecule has 0 aromatic heterocycles. The lowest BCUT2D eigenvalue weighted by molar-refractivity contribution is -0.141. The number of carboxylic acid groups (broad SMARTS) is 1. The first-order valence-electron chi connectivity index (χ1n) is 8.73. The van der Waals surface area contributed by atoms with Gasteiger partial charge in [-0.05, 0) is 12.8 Å². The summed E-state index contributed by atoms with van der Waals surface area (Å²) in [5.41, 5.74) is 0. The van der Waals surface area contributed by atoms with E-state index >= 15 is 0 Å². The van der Waals surface area contributed by atoms with Gasteiger partial charge in [-0.1, -0.05) is 58.3 Å². The van der Waals surface area contributed by atoms with Crippen molar-refractivity contribution in [1.29, 1.82) is 0 Å². The predicted octanol–water partition coefficient (Wildman–Crippen LogP) is 2.75. The predicted molar refractivity (Wildman–Crippen MR) is 92.4 cm³/mol. The number of nitrogens with one attached hydrogen (secondary N) is 1. The van der Waals surface area contributed by atoms with Crippen LogP contribution in [0.5, 0.6) is 0 Å². The van der Waals surface area contributed by atoms with E-state index in [1.807, 2.05) is 0 Å². The second kappa shape index (κ2) is 13.2. The first-order valence-corrected chi connectivity index (χ1v) is 10.3. The zero-order chi connectivity index (χ0) is 18.4. The monoisotopic (exact) mass is 365 g/mol. The molecule has 0 aliphatic rings. The van der Waals surface area contributed by atoms with Gasteiger partial charge in [-0.3, -0.25) is 9.35 Å². The first kappa shape index (κ1) is 22.9. The van der Waals surface area contributed by atoms with Crippen LogP contribution in [0.4, 0.5) is 0 Å². The number of carbonyl (C=O) groups is 2. The molecule has 0 aliphatic carbocycles. The lowest BCUT2D eigenvalue weighted by Crippen LogP contribution is -2.41. The zero-order valence-electron chi connectivity index (χ0n) is 14.5. The molecule has 0 spiro atoms. The van der Waals surface area contributed by atoms with E-state index in [4.69, 9.17) is 9.66 Å². The average molecular weight is 365 g/mol. The topological polar surface area (TPSA) is 121 Å². The standard InChI is InChI=1S/C16H31NO6S/c1-2-3-4-5-6-7-8-9-10-11-15(18)17-14(16(19)20)12-13-24(21,22)23/h14H,2-13H2,1H3,(H,17,18)(H,19,20)(H,21,22,23)/t14-/m0/s1. The van der Waals surface area contributed by atoms with E-state index in [-0.39, 0.29) is 12.8 Å². The molecule has 0 aromatic rings. The normalized spacial score (nSPS) is 12.8. The molecular formula is C16H31NO6S. The smallest absolute Gasteiger partial charge is 0.326 e. The summed E-state index contributed by atoms with van der Waals surface area (Å²) < 4.78 is 29.9. The van der Waals surface area contributed by atoms with Gasteiger partial charge in [-0.15, -0.1) is 0 Å². The van der Waals surface area contributed by atoms with Gasteiger partial charge in [0.25, 0.3) is 10.1 Å². The molecule has 24 heavy (non-hydrogen) atoms. The highest BCUT2D eigenvalue weighted by molar-refractivity contribution is 7.85.